The number of rotatable bonds is 3. The maximum atomic E-state index is 13.1. The molecule has 7 heteroatoms. The Morgan fingerprint density at radius 2 is 1.97 bits per heavy atom. The number of benzene rings is 1. The zero-order chi connectivity index (χ0) is 23.3. The largest absolute Gasteiger partial charge is 0.462 e. The summed E-state index contributed by atoms with van der Waals surface area (Å²) in [5, 5.41) is 10.6. The van der Waals surface area contributed by atoms with Gasteiger partial charge in [0.2, 0.25) is 0 Å². The Bertz CT molecular complexity index is 1060. The summed E-state index contributed by atoms with van der Waals surface area (Å²) in [6.45, 7) is 1.95. The predicted molar refractivity (Wildman–Crippen MR) is 118 cm³/mol. The highest BCUT2D eigenvalue weighted by atomic mass is 19.4. The van der Waals surface area contributed by atoms with Crippen LogP contribution in [0.15, 0.2) is 42.5 Å². The van der Waals surface area contributed by atoms with Crippen LogP contribution in [0.3, 0.4) is 0 Å². The molecular weight excluding hydrogens is 431 g/mol. The number of halogens is 3. The molecule has 2 heterocycles. The van der Waals surface area contributed by atoms with Gasteiger partial charge in [0.1, 0.15) is 6.10 Å². The van der Waals surface area contributed by atoms with Crippen LogP contribution in [-0.4, -0.2) is 28.3 Å². The molecule has 1 saturated heterocycles. The topological polar surface area (TPSA) is 62.3 Å². The predicted octanol–water partition coefficient (Wildman–Crippen LogP) is 5.69. The molecule has 2 aliphatic carbocycles. The Morgan fingerprint density at radius 1 is 1.15 bits per heavy atom. The van der Waals surface area contributed by atoms with E-state index in [0.29, 0.717) is 23.6 Å². The molecule has 1 aliphatic heterocycles. The number of aromatic nitrogens is 1. The molecule has 2 N–H and O–H groups in total. The van der Waals surface area contributed by atoms with Crippen molar-refractivity contribution in [1.82, 2.24) is 4.98 Å². The summed E-state index contributed by atoms with van der Waals surface area (Å²) in [4.78, 5) is 15.7. The molecule has 1 aromatic heterocycles. The lowest BCUT2D eigenvalue weighted by Crippen LogP contribution is -2.47. The third-order valence-electron chi connectivity index (χ3n) is 7.87. The Hall–Kier alpha value is -2.54. The van der Waals surface area contributed by atoms with Gasteiger partial charge < -0.3 is 14.8 Å². The van der Waals surface area contributed by atoms with Crippen molar-refractivity contribution in [1.29, 1.82) is 0 Å². The summed E-state index contributed by atoms with van der Waals surface area (Å²) in [6.07, 6.45) is 2.58. The summed E-state index contributed by atoms with van der Waals surface area (Å²) in [6, 6.07) is 8.88. The van der Waals surface area contributed by atoms with Gasteiger partial charge in [-0.3, -0.25) is 4.79 Å². The zero-order valence-electron chi connectivity index (χ0n) is 18.4. The fourth-order valence-electron chi connectivity index (χ4n) is 6.36. The van der Waals surface area contributed by atoms with Gasteiger partial charge in [-0.25, -0.2) is 0 Å². The molecule has 3 fully saturated rings. The van der Waals surface area contributed by atoms with Crippen molar-refractivity contribution < 1.29 is 27.8 Å². The maximum absolute atomic E-state index is 13.1. The molecule has 2 saturated carbocycles. The van der Waals surface area contributed by atoms with E-state index in [1.165, 1.54) is 6.07 Å². The number of aliphatic hydroxyl groups is 1. The number of allylic oxidation sites excluding steroid dienone is 1. The number of carbonyl (C=O) groups is 1. The van der Waals surface area contributed by atoms with Gasteiger partial charge in [0.05, 0.1) is 17.6 Å². The second kappa shape index (κ2) is 8.35. The second-order valence-electron chi connectivity index (χ2n) is 9.73. The van der Waals surface area contributed by atoms with Crippen molar-refractivity contribution in [3.8, 4) is 11.3 Å². The number of hydrogen-bond donors (Lipinski definition) is 2. The summed E-state index contributed by atoms with van der Waals surface area (Å²) in [5.74, 6) is 0.225. The van der Waals surface area contributed by atoms with Crippen LogP contribution in [0.1, 0.15) is 43.9 Å². The molecule has 0 radical (unpaired) electrons. The highest BCUT2D eigenvalue weighted by Gasteiger charge is 2.55. The second-order valence-corrected chi connectivity index (χ2v) is 9.73. The molecule has 176 valence electrons. The average molecular weight is 460 g/mol. The first kappa shape index (κ1) is 22.3. The van der Waals surface area contributed by atoms with E-state index in [1.807, 2.05) is 19.1 Å². The maximum Gasteiger partial charge on any atom is 0.416 e. The lowest BCUT2D eigenvalue weighted by atomic mass is 9.56. The zero-order valence-corrected chi connectivity index (χ0v) is 18.4. The van der Waals surface area contributed by atoms with E-state index >= 15 is 0 Å². The number of aliphatic hydroxyl groups excluding tert-OH is 1. The van der Waals surface area contributed by atoms with Gasteiger partial charge in [0.25, 0.3) is 0 Å². The molecular formula is C26H28F3NO3. The molecule has 2 unspecified atom stereocenters. The first-order valence-electron chi connectivity index (χ1n) is 11.7. The van der Waals surface area contributed by atoms with Gasteiger partial charge in [-0.1, -0.05) is 24.6 Å². The number of H-pyrrole nitrogens is 1. The first-order chi connectivity index (χ1) is 15.7. The van der Waals surface area contributed by atoms with Crippen LogP contribution < -0.4 is 0 Å². The van der Waals surface area contributed by atoms with E-state index in [1.54, 1.807) is 12.1 Å². The third kappa shape index (κ3) is 4.12. The van der Waals surface area contributed by atoms with Crippen LogP contribution in [0.2, 0.25) is 0 Å². The minimum Gasteiger partial charge on any atom is -0.462 e. The number of hydrogen-bond acceptors (Lipinski definition) is 3. The van der Waals surface area contributed by atoms with Crippen LogP contribution in [-0.2, 0) is 15.7 Å². The molecule has 7 atom stereocenters. The monoisotopic (exact) mass is 459 g/mol. The van der Waals surface area contributed by atoms with E-state index in [0.717, 1.165) is 37.1 Å². The van der Waals surface area contributed by atoms with Gasteiger partial charge in [0.15, 0.2) is 0 Å². The molecule has 0 spiro atoms. The number of aromatic amines is 1. The Balaban J connectivity index is 1.41. The number of ether oxygens (including phenoxy) is 1. The average Bonchev–Trinajstić information content (AvgIpc) is 3.36. The van der Waals surface area contributed by atoms with E-state index in [4.69, 9.17) is 4.74 Å². The number of alkyl halides is 3. The fraction of sp³-hybridized carbons (Fsp3) is 0.500. The molecule has 4 nitrogen and oxygen atoms in total. The molecule has 2 aromatic rings. The number of esters is 1. The van der Waals surface area contributed by atoms with Crippen LogP contribution in [0, 0.1) is 29.6 Å². The fourth-order valence-corrected chi connectivity index (χ4v) is 6.36. The summed E-state index contributed by atoms with van der Waals surface area (Å²) in [7, 11) is 0. The minimum absolute atomic E-state index is 0.0817. The van der Waals surface area contributed by atoms with Crippen molar-refractivity contribution in [3.05, 3.63) is 53.7 Å². The Kier molecular flexibility index (Phi) is 5.63. The van der Waals surface area contributed by atoms with Crippen molar-refractivity contribution in [2.45, 2.75) is 51.0 Å². The van der Waals surface area contributed by atoms with Crippen molar-refractivity contribution in [2.75, 3.05) is 0 Å². The molecule has 0 amide bonds. The van der Waals surface area contributed by atoms with Crippen LogP contribution >= 0.6 is 0 Å². The third-order valence-corrected chi connectivity index (χ3v) is 7.87. The molecule has 33 heavy (non-hydrogen) atoms. The van der Waals surface area contributed by atoms with Crippen molar-refractivity contribution >= 4 is 12.0 Å². The highest BCUT2D eigenvalue weighted by molar-refractivity contribution is 5.75. The van der Waals surface area contributed by atoms with E-state index in [9.17, 15) is 23.1 Å². The SMILES string of the molecule is C[C@H]1OC(=O)[C@@H]2C[C@H]3C(CCC[C@@H]3O)[C@H](/C=C/c3ccc(-c4cccc(C(F)(F)F)c4)[nH]3)C12. The number of cyclic esters (lactones) is 1. The number of carbonyl (C=O) groups excluding carboxylic acids is 1. The summed E-state index contributed by atoms with van der Waals surface area (Å²) in [5.41, 5.74) is 1.19. The van der Waals surface area contributed by atoms with Gasteiger partial charge >= 0.3 is 12.1 Å². The van der Waals surface area contributed by atoms with Crippen LogP contribution in [0.5, 0.6) is 0 Å². The van der Waals surface area contributed by atoms with Crippen LogP contribution in [0.25, 0.3) is 17.3 Å². The van der Waals surface area contributed by atoms with Crippen molar-refractivity contribution in [2.24, 2.45) is 29.6 Å². The normalized spacial score (nSPS) is 34.2. The lowest BCUT2D eigenvalue weighted by molar-refractivity contribution is -0.145. The molecule has 5 rings (SSSR count). The number of fused-ring (bicyclic) bond motifs is 2. The summed E-state index contributed by atoms with van der Waals surface area (Å²) < 4.78 is 44.8. The van der Waals surface area contributed by atoms with E-state index in [2.05, 4.69) is 11.1 Å². The first-order valence-corrected chi connectivity index (χ1v) is 11.7. The van der Waals surface area contributed by atoms with Gasteiger partial charge in [-0.15, -0.1) is 0 Å². The standard InChI is InChI=1S/C26H28F3NO3/c1-14-24-19(18-6-3-7-23(31)20(18)13-21(24)25(32)33-14)10-8-17-9-11-22(30-17)15-4-2-5-16(12-15)26(27,28)29/h2,4-5,8-12,14,18-21,23-24,30-31H,3,6-7,13H2,1H3/b10-8+/t14-,18?,19+,20+,21-,23+,24?/m1/s1. The minimum atomic E-state index is -4.39. The Labute approximate surface area is 190 Å². The van der Waals surface area contributed by atoms with Gasteiger partial charge in [-0.05, 0) is 79.8 Å². The Morgan fingerprint density at radius 3 is 2.76 bits per heavy atom. The lowest BCUT2D eigenvalue weighted by Gasteiger charge is -2.47. The molecule has 1 aromatic carbocycles. The molecule has 3 aliphatic rings. The van der Waals surface area contributed by atoms with Crippen molar-refractivity contribution in [3.63, 3.8) is 0 Å². The van der Waals surface area contributed by atoms with Gasteiger partial charge in [-0.2, -0.15) is 13.2 Å². The van der Waals surface area contributed by atoms with E-state index in [-0.39, 0.29) is 41.8 Å². The van der Waals surface area contributed by atoms with Gasteiger partial charge in [0, 0.05) is 17.3 Å². The quantitative estimate of drug-likeness (QED) is 0.580. The smallest absolute Gasteiger partial charge is 0.416 e. The van der Waals surface area contributed by atoms with Crippen LogP contribution in [0.4, 0.5) is 13.2 Å². The van der Waals surface area contributed by atoms with E-state index < -0.39 is 11.7 Å². The highest BCUT2D eigenvalue weighted by Crippen LogP contribution is 2.53. The summed E-state index contributed by atoms with van der Waals surface area (Å²) >= 11 is 0. The number of nitrogens with one attached hydrogen (secondary N) is 1. The molecule has 0 bridgehead atoms.